The van der Waals surface area contributed by atoms with E-state index in [-0.39, 0.29) is 17.3 Å². The van der Waals surface area contributed by atoms with Crippen molar-refractivity contribution in [1.29, 1.82) is 0 Å². The van der Waals surface area contributed by atoms with E-state index in [9.17, 15) is 4.39 Å². The van der Waals surface area contributed by atoms with Crippen LogP contribution in [-0.2, 0) is 5.41 Å². The van der Waals surface area contributed by atoms with Crippen LogP contribution in [0.5, 0.6) is 11.5 Å². The van der Waals surface area contributed by atoms with Crippen LogP contribution in [0.3, 0.4) is 0 Å². The number of halogens is 2. The van der Waals surface area contributed by atoms with Gasteiger partial charge >= 0.3 is 0 Å². The van der Waals surface area contributed by atoms with Crippen molar-refractivity contribution in [2.75, 3.05) is 13.2 Å². The van der Waals surface area contributed by atoms with Gasteiger partial charge < -0.3 is 15.2 Å². The minimum atomic E-state index is -0.300. The molecule has 0 amide bonds. The van der Waals surface area contributed by atoms with E-state index in [2.05, 4.69) is 15.9 Å². The molecule has 1 aliphatic carbocycles. The summed E-state index contributed by atoms with van der Waals surface area (Å²) in [6.07, 6.45) is 2.60. The molecule has 1 atom stereocenters. The van der Waals surface area contributed by atoms with Gasteiger partial charge in [-0.25, -0.2) is 4.39 Å². The Morgan fingerprint density at radius 2 is 2.05 bits per heavy atom. The van der Waals surface area contributed by atoms with Crippen molar-refractivity contribution in [1.82, 2.24) is 0 Å². The highest BCUT2D eigenvalue weighted by atomic mass is 79.9. The maximum Gasteiger partial charge on any atom is 0.167 e. The summed E-state index contributed by atoms with van der Waals surface area (Å²) >= 11 is 3.27. The summed E-state index contributed by atoms with van der Waals surface area (Å²) in [5.41, 5.74) is 6.37. The summed E-state index contributed by atoms with van der Waals surface area (Å²) < 4.78 is 26.4. The summed E-state index contributed by atoms with van der Waals surface area (Å²) in [6, 6.07) is 1.55. The number of ether oxygens (including phenoxy) is 2. The molecule has 2 aliphatic rings. The second-order valence-corrected chi connectivity index (χ2v) is 6.22. The highest BCUT2D eigenvalue weighted by molar-refractivity contribution is 9.10. The number of hydrogen-bond donors (Lipinski definition) is 1. The molecule has 2 N–H and O–H groups in total. The van der Waals surface area contributed by atoms with Gasteiger partial charge in [0.05, 0.1) is 17.7 Å². The molecule has 0 spiro atoms. The molecule has 1 aliphatic heterocycles. The average Bonchev–Trinajstić information content (AvgIpc) is 3.15. The van der Waals surface area contributed by atoms with Crippen LogP contribution in [0.25, 0.3) is 0 Å². The fraction of sp³-hybridized carbons (Fsp3) is 0.571. The van der Waals surface area contributed by atoms with Crippen molar-refractivity contribution < 1.29 is 13.9 Å². The second-order valence-electron chi connectivity index (χ2n) is 5.37. The topological polar surface area (TPSA) is 44.5 Å². The van der Waals surface area contributed by atoms with Crippen LogP contribution in [0.15, 0.2) is 10.5 Å². The van der Waals surface area contributed by atoms with E-state index < -0.39 is 0 Å². The predicted octanol–water partition coefficient (Wildman–Crippen LogP) is 3.13. The van der Waals surface area contributed by atoms with Gasteiger partial charge in [-0.05, 0) is 35.7 Å². The van der Waals surface area contributed by atoms with Gasteiger partial charge in [-0.3, -0.25) is 0 Å². The Kier molecular flexibility index (Phi) is 3.21. The lowest BCUT2D eigenvalue weighted by Crippen LogP contribution is -2.33. The van der Waals surface area contributed by atoms with E-state index in [4.69, 9.17) is 15.2 Å². The molecule has 1 fully saturated rings. The smallest absolute Gasteiger partial charge is 0.167 e. The highest BCUT2D eigenvalue weighted by Crippen LogP contribution is 2.57. The molecule has 1 saturated carbocycles. The van der Waals surface area contributed by atoms with Crippen LogP contribution >= 0.6 is 15.9 Å². The van der Waals surface area contributed by atoms with Gasteiger partial charge in [-0.1, -0.05) is 0 Å². The molecule has 0 saturated heterocycles. The first-order chi connectivity index (χ1) is 9.06. The minimum Gasteiger partial charge on any atom is -0.490 e. The molecule has 1 aromatic rings. The molecule has 3 nitrogen and oxygen atoms in total. The average molecular weight is 330 g/mol. The summed E-state index contributed by atoms with van der Waals surface area (Å²) in [6.45, 7) is 3.07. The van der Waals surface area contributed by atoms with Crippen molar-refractivity contribution in [2.24, 2.45) is 5.73 Å². The van der Waals surface area contributed by atoms with Gasteiger partial charge in [0.1, 0.15) is 5.82 Å². The lowest BCUT2D eigenvalue weighted by Gasteiger charge is -2.25. The maximum atomic E-state index is 14.6. The minimum absolute atomic E-state index is 0.104. The first-order valence-corrected chi connectivity index (χ1v) is 7.39. The first-order valence-electron chi connectivity index (χ1n) is 6.60. The van der Waals surface area contributed by atoms with Crippen molar-refractivity contribution >= 4 is 15.9 Å². The quantitative estimate of drug-likeness (QED) is 0.906. The number of benzene rings is 1. The van der Waals surface area contributed by atoms with Gasteiger partial charge in [0.15, 0.2) is 11.5 Å². The van der Waals surface area contributed by atoms with Gasteiger partial charge in [-0.2, -0.15) is 0 Å². The van der Waals surface area contributed by atoms with Crippen molar-refractivity contribution in [3.05, 3.63) is 21.9 Å². The van der Waals surface area contributed by atoms with E-state index in [1.165, 1.54) is 0 Å². The lowest BCUT2D eigenvalue weighted by molar-refractivity contribution is 0.294. The molecule has 104 valence electrons. The van der Waals surface area contributed by atoms with E-state index in [0.29, 0.717) is 34.7 Å². The van der Waals surface area contributed by atoms with Gasteiger partial charge in [-0.15, -0.1) is 0 Å². The predicted molar refractivity (Wildman–Crippen MR) is 74.3 cm³/mol. The Hall–Kier alpha value is -0.810. The van der Waals surface area contributed by atoms with Crippen molar-refractivity contribution in [2.45, 2.75) is 37.6 Å². The molecule has 1 aromatic carbocycles. The zero-order chi connectivity index (χ0) is 13.6. The molecule has 0 bridgehead atoms. The normalized spacial score (nSPS) is 21.7. The Balaban J connectivity index is 2.19. The van der Waals surface area contributed by atoms with Crippen LogP contribution in [0.4, 0.5) is 4.39 Å². The summed E-state index contributed by atoms with van der Waals surface area (Å²) in [5.74, 6) is 0.903. The molecular weight excluding hydrogens is 313 g/mol. The SMILES string of the molecule is CC(N)C1(c2c(F)c(Br)cc3c2OCCCO3)CC1. The van der Waals surface area contributed by atoms with E-state index in [1.54, 1.807) is 6.07 Å². The largest absolute Gasteiger partial charge is 0.490 e. The lowest BCUT2D eigenvalue weighted by atomic mass is 9.88. The summed E-state index contributed by atoms with van der Waals surface area (Å²) in [5, 5.41) is 0. The molecule has 1 heterocycles. The third kappa shape index (κ3) is 2.03. The van der Waals surface area contributed by atoms with Crippen LogP contribution in [0, 0.1) is 5.82 Å². The number of rotatable bonds is 2. The molecule has 19 heavy (non-hydrogen) atoms. The number of fused-ring (bicyclic) bond motifs is 1. The fourth-order valence-electron chi connectivity index (χ4n) is 2.76. The Labute approximate surface area is 120 Å². The highest BCUT2D eigenvalue weighted by Gasteiger charge is 2.52. The molecule has 3 rings (SSSR count). The zero-order valence-corrected chi connectivity index (χ0v) is 12.4. The Bertz CT molecular complexity index is 515. The third-order valence-corrected chi connectivity index (χ3v) is 4.67. The van der Waals surface area contributed by atoms with Crippen LogP contribution in [0.1, 0.15) is 31.7 Å². The molecule has 0 aromatic heterocycles. The van der Waals surface area contributed by atoms with E-state index >= 15 is 0 Å². The molecule has 1 unspecified atom stereocenters. The second kappa shape index (κ2) is 4.63. The molecule has 0 radical (unpaired) electrons. The molecular formula is C14H17BrFNO2. The van der Waals surface area contributed by atoms with Crippen LogP contribution in [-0.4, -0.2) is 19.3 Å². The van der Waals surface area contributed by atoms with Gasteiger partial charge in [0.25, 0.3) is 0 Å². The number of hydrogen-bond acceptors (Lipinski definition) is 3. The monoisotopic (exact) mass is 329 g/mol. The van der Waals surface area contributed by atoms with Gasteiger partial charge in [0, 0.05) is 29.5 Å². The fourth-order valence-corrected chi connectivity index (χ4v) is 3.17. The standard InChI is InChI=1S/C14H17BrFNO2/c1-8(17)14(3-4-14)11-12(16)9(15)7-10-13(11)19-6-2-5-18-10/h7-8H,2-6,17H2,1H3. The first kappa shape index (κ1) is 13.2. The van der Waals surface area contributed by atoms with Crippen LogP contribution in [0.2, 0.25) is 0 Å². The van der Waals surface area contributed by atoms with E-state index in [1.807, 2.05) is 6.92 Å². The van der Waals surface area contributed by atoms with E-state index in [0.717, 1.165) is 19.3 Å². The van der Waals surface area contributed by atoms with Crippen molar-refractivity contribution in [3.8, 4) is 11.5 Å². The van der Waals surface area contributed by atoms with Crippen molar-refractivity contribution in [3.63, 3.8) is 0 Å². The zero-order valence-electron chi connectivity index (χ0n) is 10.8. The van der Waals surface area contributed by atoms with Crippen LogP contribution < -0.4 is 15.2 Å². The summed E-state index contributed by atoms with van der Waals surface area (Å²) in [7, 11) is 0. The number of nitrogens with two attached hydrogens (primary N) is 1. The summed E-state index contributed by atoms with van der Waals surface area (Å²) in [4.78, 5) is 0. The molecule has 5 heteroatoms. The Morgan fingerprint density at radius 1 is 1.37 bits per heavy atom. The maximum absolute atomic E-state index is 14.6. The Morgan fingerprint density at radius 3 is 2.68 bits per heavy atom. The third-order valence-electron chi connectivity index (χ3n) is 4.09. The van der Waals surface area contributed by atoms with Gasteiger partial charge in [0.2, 0.25) is 0 Å².